The molecule has 0 amide bonds. The van der Waals surface area contributed by atoms with E-state index in [0.717, 1.165) is 20.3 Å². The molecular weight excluding hydrogens is 265 g/mol. The molecule has 0 saturated heterocycles. The lowest BCUT2D eigenvalue weighted by Crippen LogP contribution is -1.91. The van der Waals surface area contributed by atoms with Crippen LogP contribution in [0.2, 0.25) is 0 Å². The summed E-state index contributed by atoms with van der Waals surface area (Å²) in [6.45, 7) is 2.03. The minimum absolute atomic E-state index is 0.718. The van der Waals surface area contributed by atoms with Crippen LogP contribution >= 0.6 is 22.6 Å². The first-order valence-electron chi connectivity index (χ1n) is 3.51. The normalized spacial score (nSPS) is 10.5. The van der Waals surface area contributed by atoms with Crippen molar-refractivity contribution in [1.29, 1.82) is 0 Å². The maximum atomic E-state index is 4.21. The van der Waals surface area contributed by atoms with Gasteiger partial charge in [0.1, 0.15) is 5.52 Å². The number of aryl methyl sites for hydroxylation is 1. The number of halogens is 1. The third-order valence-corrected chi connectivity index (χ3v) is 2.78. The molecule has 2 aromatic rings. The fourth-order valence-electron chi connectivity index (χ4n) is 1.02. The van der Waals surface area contributed by atoms with Gasteiger partial charge in [-0.3, -0.25) is 4.98 Å². The van der Waals surface area contributed by atoms with Crippen molar-refractivity contribution < 1.29 is 0 Å². The quantitative estimate of drug-likeness (QED) is 0.687. The van der Waals surface area contributed by atoms with Crippen molar-refractivity contribution in [2.75, 3.05) is 0 Å². The number of nitrogens with zero attached hydrogens (tertiary/aromatic N) is 3. The van der Waals surface area contributed by atoms with Gasteiger partial charge < -0.3 is 0 Å². The van der Waals surface area contributed by atoms with E-state index in [9.17, 15) is 0 Å². The summed E-state index contributed by atoms with van der Waals surface area (Å²) in [6.07, 6.45) is 5.15. The third-order valence-electron chi connectivity index (χ3n) is 1.69. The minimum atomic E-state index is 0.718. The number of aromatic nitrogens is 3. The van der Waals surface area contributed by atoms with Crippen LogP contribution in [0.3, 0.4) is 0 Å². The first-order chi connectivity index (χ1) is 5.79. The summed E-state index contributed by atoms with van der Waals surface area (Å²) >= 11 is 2.24. The van der Waals surface area contributed by atoms with Crippen molar-refractivity contribution in [1.82, 2.24) is 15.0 Å². The van der Waals surface area contributed by atoms with Crippen molar-refractivity contribution in [3.05, 3.63) is 27.7 Å². The zero-order chi connectivity index (χ0) is 8.55. The Bertz CT molecular complexity index is 428. The zero-order valence-electron chi connectivity index (χ0n) is 6.45. The Labute approximate surface area is 83.4 Å². The molecule has 0 bridgehead atoms. The van der Waals surface area contributed by atoms with Gasteiger partial charge in [0, 0.05) is 22.2 Å². The van der Waals surface area contributed by atoms with Gasteiger partial charge in [-0.15, -0.1) is 0 Å². The predicted molar refractivity (Wildman–Crippen MR) is 54.8 cm³/mol. The topological polar surface area (TPSA) is 38.7 Å². The number of rotatable bonds is 0. The largest absolute Gasteiger partial charge is 0.251 e. The second-order valence-electron chi connectivity index (χ2n) is 2.46. The Morgan fingerprint density at radius 3 is 2.75 bits per heavy atom. The molecule has 4 heteroatoms. The van der Waals surface area contributed by atoms with Gasteiger partial charge in [0.05, 0.1) is 0 Å². The molecular formula is C8H6IN3. The standard InChI is InChI=1S/C8H6IN3/c1-5-6(9)4-12-8-7(5)10-2-3-11-8/h2-4H,1H3. The molecule has 0 aliphatic heterocycles. The second kappa shape index (κ2) is 2.93. The maximum absolute atomic E-state index is 4.21. The van der Waals surface area contributed by atoms with Crippen molar-refractivity contribution in [2.45, 2.75) is 6.92 Å². The summed E-state index contributed by atoms with van der Waals surface area (Å²) in [7, 11) is 0. The lowest BCUT2D eigenvalue weighted by Gasteiger charge is -1.99. The van der Waals surface area contributed by atoms with Crippen LogP contribution in [0, 0.1) is 10.5 Å². The van der Waals surface area contributed by atoms with E-state index in [1.807, 2.05) is 13.1 Å². The first-order valence-corrected chi connectivity index (χ1v) is 4.59. The van der Waals surface area contributed by atoms with E-state index in [4.69, 9.17) is 0 Å². The smallest absolute Gasteiger partial charge is 0.178 e. The highest BCUT2D eigenvalue weighted by Crippen LogP contribution is 2.16. The van der Waals surface area contributed by atoms with Gasteiger partial charge >= 0.3 is 0 Å². The number of pyridine rings is 1. The average molecular weight is 271 g/mol. The van der Waals surface area contributed by atoms with Crippen molar-refractivity contribution in [2.24, 2.45) is 0 Å². The van der Waals surface area contributed by atoms with Gasteiger partial charge in [0.25, 0.3) is 0 Å². The Balaban J connectivity index is 2.91. The molecule has 2 heterocycles. The first kappa shape index (κ1) is 7.85. The van der Waals surface area contributed by atoms with Crippen LogP contribution in [-0.2, 0) is 0 Å². The molecule has 3 nitrogen and oxygen atoms in total. The number of hydrogen-bond acceptors (Lipinski definition) is 3. The van der Waals surface area contributed by atoms with Crippen molar-refractivity contribution in [3.8, 4) is 0 Å². The van der Waals surface area contributed by atoms with Crippen LogP contribution in [-0.4, -0.2) is 15.0 Å². The fourth-order valence-corrected chi connectivity index (χ4v) is 1.41. The highest BCUT2D eigenvalue weighted by molar-refractivity contribution is 14.1. The van der Waals surface area contributed by atoms with Gasteiger partial charge in [-0.2, -0.15) is 0 Å². The molecule has 60 valence electrons. The van der Waals surface area contributed by atoms with E-state index < -0.39 is 0 Å². The highest BCUT2D eigenvalue weighted by Gasteiger charge is 2.02. The summed E-state index contributed by atoms with van der Waals surface area (Å²) < 4.78 is 1.13. The highest BCUT2D eigenvalue weighted by atomic mass is 127. The lowest BCUT2D eigenvalue weighted by molar-refractivity contribution is 1.19. The number of hydrogen-bond donors (Lipinski definition) is 0. The van der Waals surface area contributed by atoms with Crippen molar-refractivity contribution >= 4 is 33.8 Å². The van der Waals surface area contributed by atoms with Gasteiger partial charge in [-0.1, -0.05) is 0 Å². The van der Waals surface area contributed by atoms with Crippen LogP contribution in [0.4, 0.5) is 0 Å². The van der Waals surface area contributed by atoms with E-state index >= 15 is 0 Å². The van der Waals surface area contributed by atoms with E-state index in [2.05, 4.69) is 37.5 Å². The van der Waals surface area contributed by atoms with Gasteiger partial charge in [-0.05, 0) is 35.1 Å². The fraction of sp³-hybridized carbons (Fsp3) is 0.125. The van der Waals surface area contributed by atoms with Gasteiger partial charge in [0.15, 0.2) is 5.65 Å². The zero-order valence-corrected chi connectivity index (χ0v) is 8.61. The summed E-state index contributed by atoms with van der Waals surface area (Å²) in [4.78, 5) is 12.5. The molecule has 0 unspecified atom stereocenters. The molecule has 0 fully saturated rings. The van der Waals surface area contributed by atoms with Crippen molar-refractivity contribution in [3.63, 3.8) is 0 Å². The SMILES string of the molecule is Cc1c(I)cnc2nccnc12. The molecule has 0 spiro atoms. The third kappa shape index (κ3) is 1.16. The van der Waals surface area contributed by atoms with E-state index in [1.54, 1.807) is 12.4 Å². The molecule has 0 radical (unpaired) electrons. The number of fused-ring (bicyclic) bond motifs is 1. The van der Waals surface area contributed by atoms with Crippen LogP contribution in [0.5, 0.6) is 0 Å². The molecule has 0 aliphatic carbocycles. The van der Waals surface area contributed by atoms with Crippen LogP contribution in [0.15, 0.2) is 18.6 Å². The molecule has 0 atom stereocenters. The summed E-state index contributed by atoms with van der Waals surface area (Å²) in [5, 5.41) is 0. The minimum Gasteiger partial charge on any atom is -0.251 e. The van der Waals surface area contributed by atoms with E-state index in [-0.39, 0.29) is 0 Å². The van der Waals surface area contributed by atoms with Crippen LogP contribution in [0.25, 0.3) is 11.2 Å². The Morgan fingerprint density at radius 2 is 1.92 bits per heavy atom. The Hall–Kier alpha value is -0.780. The predicted octanol–water partition coefficient (Wildman–Crippen LogP) is 1.94. The Morgan fingerprint density at radius 1 is 1.17 bits per heavy atom. The van der Waals surface area contributed by atoms with Crippen LogP contribution in [0.1, 0.15) is 5.56 Å². The molecule has 0 N–H and O–H groups in total. The lowest BCUT2D eigenvalue weighted by atomic mass is 10.3. The second-order valence-corrected chi connectivity index (χ2v) is 3.62. The Kier molecular flexibility index (Phi) is 1.92. The van der Waals surface area contributed by atoms with Gasteiger partial charge in [-0.25, -0.2) is 9.97 Å². The van der Waals surface area contributed by atoms with Gasteiger partial charge in [0.2, 0.25) is 0 Å². The summed E-state index contributed by atoms with van der Waals surface area (Å²) in [5.41, 5.74) is 2.76. The monoisotopic (exact) mass is 271 g/mol. The molecule has 2 aromatic heterocycles. The molecule has 12 heavy (non-hydrogen) atoms. The maximum Gasteiger partial charge on any atom is 0.178 e. The van der Waals surface area contributed by atoms with E-state index in [0.29, 0.717) is 0 Å². The average Bonchev–Trinajstić information content (AvgIpc) is 2.12. The molecule has 0 saturated carbocycles. The molecule has 2 rings (SSSR count). The summed E-state index contributed by atoms with van der Waals surface area (Å²) in [5.74, 6) is 0. The van der Waals surface area contributed by atoms with Crippen LogP contribution < -0.4 is 0 Å². The molecule has 0 aromatic carbocycles. The summed E-state index contributed by atoms with van der Waals surface area (Å²) in [6, 6.07) is 0. The molecule has 0 aliphatic rings. The van der Waals surface area contributed by atoms with E-state index in [1.165, 1.54) is 0 Å².